The molecule has 0 saturated heterocycles. The van der Waals surface area contributed by atoms with E-state index in [9.17, 15) is 9.18 Å². The molecule has 0 radical (unpaired) electrons. The number of furan rings is 1. The maximum atomic E-state index is 13.7. The van der Waals surface area contributed by atoms with Crippen molar-refractivity contribution < 1.29 is 13.6 Å². The molecule has 180 valence electrons. The Morgan fingerprint density at radius 1 is 1.09 bits per heavy atom. The topological polar surface area (TPSA) is 80.1 Å². The lowest BCUT2D eigenvalue weighted by Crippen LogP contribution is -2.27. The number of aromatic nitrogens is 2. The SMILES string of the molecule is CCC(C)CNc1ncnc2oc(-c3ccc(NC(=O)C4CCC4)cc3)c(-c3ccc(F)cc3)c12. The van der Waals surface area contributed by atoms with Gasteiger partial charge in [-0.15, -0.1) is 0 Å². The van der Waals surface area contributed by atoms with Gasteiger partial charge < -0.3 is 15.1 Å². The van der Waals surface area contributed by atoms with E-state index < -0.39 is 0 Å². The van der Waals surface area contributed by atoms with E-state index in [1.54, 1.807) is 12.1 Å². The number of hydrogen-bond donors (Lipinski definition) is 2. The molecule has 6 nitrogen and oxygen atoms in total. The molecule has 2 heterocycles. The Labute approximate surface area is 204 Å². The Balaban J connectivity index is 1.56. The molecule has 35 heavy (non-hydrogen) atoms. The highest BCUT2D eigenvalue weighted by atomic mass is 19.1. The average Bonchev–Trinajstić information content (AvgIpc) is 3.22. The number of anilines is 2. The van der Waals surface area contributed by atoms with Crippen molar-refractivity contribution in [2.24, 2.45) is 11.8 Å². The number of halogens is 1. The van der Waals surface area contributed by atoms with E-state index in [1.165, 1.54) is 18.5 Å². The molecule has 1 amide bonds. The van der Waals surface area contributed by atoms with Gasteiger partial charge >= 0.3 is 0 Å². The van der Waals surface area contributed by atoms with E-state index in [4.69, 9.17) is 4.42 Å². The van der Waals surface area contributed by atoms with Crippen molar-refractivity contribution in [2.75, 3.05) is 17.2 Å². The van der Waals surface area contributed by atoms with Crippen LogP contribution in [0.3, 0.4) is 0 Å². The summed E-state index contributed by atoms with van der Waals surface area (Å²) >= 11 is 0. The van der Waals surface area contributed by atoms with Crippen LogP contribution in [0.15, 0.2) is 59.3 Å². The fourth-order valence-electron chi connectivity index (χ4n) is 4.20. The van der Waals surface area contributed by atoms with Gasteiger partial charge in [-0.25, -0.2) is 14.4 Å². The second-order valence-electron chi connectivity index (χ2n) is 9.30. The second kappa shape index (κ2) is 9.86. The predicted octanol–water partition coefficient (Wildman–Crippen LogP) is 6.89. The van der Waals surface area contributed by atoms with Crippen LogP contribution in [0.25, 0.3) is 33.6 Å². The number of hydrogen-bond acceptors (Lipinski definition) is 5. The number of nitrogens with zero attached hydrogens (tertiary/aromatic N) is 2. The smallest absolute Gasteiger partial charge is 0.232 e. The number of amides is 1. The van der Waals surface area contributed by atoms with Crippen molar-refractivity contribution in [3.05, 3.63) is 60.7 Å². The minimum absolute atomic E-state index is 0.0760. The van der Waals surface area contributed by atoms with Gasteiger partial charge in [-0.05, 0) is 60.7 Å². The molecule has 0 aliphatic heterocycles. The number of benzene rings is 2. The normalized spacial score (nSPS) is 14.5. The summed E-state index contributed by atoms with van der Waals surface area (Å²) in [5, 5.41) is 7.21. The fraction of sp³-hybridized carbons (Fsp3) is 0.321. The first-order valence-corrected chi connectivity index (χ1v) is 12.2. The van der Waals surface area contributed by atoms with Crippen LogP contribution < -0.4 is 10.6 Å². The van der Waals surface area contributed by atoms with E-state index >= 15 is 0 Å². The number of rotatable bonds is 8. The van der Waals surface area contributed by atoms with Gasteiger partial charge in [0.2, 0.25) is 11.6 Å². The highest BCUT2D eigenvalue weighted by Crippen LogP contribution is 2.43. The van der Waals surface area contributed by atoms with Crippen LogP contribution in [0, 0.1) is 17.7 Å². The fourth-order valence-corrected chi connectivity index (χ4v) is 4.20. The summed E-state index contributed by atoms with van der Waals surface area (Å²) in [6.07, 6.45) is 5.57. The monoisotopic (exact) mass is 472 g/mol. The molecular weight excluding hydrogens is 443 g/mol. The van der Waals surface area contributed by atoms with Crippen molar-refractivity contribution in [3.8, 4) is 22.5 Å². The molecule has 4 aromatic rings. The molecule has 1 fully saturated rings. The van der Waals surface area contributed by atoms with Crippen LogP contribution in [0.5, 0.6) is 0 Å². The molecule has 2 N–H and O–H groups in total. The van der Waals surface area contributed by atoms with Crippen molar-refractivity contribution in [2.45, 2.75) is 39.5 Å². The lowest BCUT2D eigenvalue weighted by atomic mass is 9.85. The highest BCUT2D eigenvalue weighted by Gasteiger charge is 2.25. The van der Waals surface area contributed by atoms with Gasteiger partial charge in [-0.2, -0.15) is 0 Å². The van der Waals surface area contributed by atoms with Crippen molar-refractivity contribution >= 4 is 28.5 Å². The Morgan fingerprint density at radius 2 is 1.80 bits per heavy atom. The van der Waals surface area contributed by atoms with Gasteiger partial charge in [0.15, 0.2) is 0 Å². The summed E-state index contributed by atoms with van der Waals surface area (Å²) in [5.41, 5.74) is 3.66. The molecule has 7 heteroatoms. The summed E-state index contributed by atoms with van der Waals surface area (Å²) in [7, 11) is 0. The predicted molar refractivity (Wildman–Crippen MR) is 137 cm³/mol. The van der Waals surface area contributed by atoms with Gasteiger partial charge in [0.1, 0.15) is 23.7 Å². The number of carbonyl (C=O) groups is 1. The zero-order valence-electron chi connectivity index (χ0n) is 20.0. The molecule has 1 aliphatic carbocycles. The highest BCUT2D eigenvalue weighted by molar-refractivity contribution is 6.06. The summed E-state index contributed by atoms with van der Waals surface area (Å²) < 4.78 is 20.0. The van der Waals surface area contributed by atoms with Crippen molar-refractivity contribution in [1.82, 2.24) is 9.97 Å². The van der Waals surface area contributed by atoms with Crippen molar-refractivity contribution in [1.29, 1.82) is 0 Å². The van der Waals surface area contributed by atoms with Gasteiger partial charge in [0.25, 0.3) is 0 Å². The molecule has 2 aromatic heterocycles. The molecule has 1 saturated carbocycles. The molecule has 0 spiro atoms. The van der Waals surface area contributed by atoms with Gasteiger partial charge in [-0.1, -0.05) is 38.8 Å². The van der Waals surface area contributed by atoms with E-state index in [-0.39, 0.29) is 17.6 Å². The third kappa shape index (κ3) is 4.76. The summed E-state index contributed by atoms with van der Waals surface area (Å²) in [6.45, 7) is 5.10. The Morgan fingerprint density at radius 3 is 2.46 bits per heavy atom. The number of nitrogens with one attached hydrogen (secondary N) is 2. The third-order valence-electron chi connectivity index (χ3n) is 6.83. The van der Waals surface area contributed by atoms with Crippen molar-refractivity contribution in [3.63, 3.8) is 0 Å². The molecule has 1 unspecified atom stereocenters. The first-order valence-electron chi connectivity index (χ1n) is 12.2. The Kier molecular flexibility index (Phi) is 6.49. The van der Waals surface area contributed by atoms with Gasteiger partial charge in [0, 0.05) is 29.3 Å². The van der Waals surface area contributed by atoms with E-state index in [0.717, 1.165) is 60.0 Å². The van der Waals surface area contributed by atoms with E-state index in [0.29, 0.717) is 23.2 Å². The molecule has 2 aromatic carbocycles. The first-order chi connectivity index (χ1) is 17.0. The zero-order chi connectivity index (χ0) is 24.4. The molecule has 1 aliphatic rings. The third-order valence-corrected chi connectivity index (χ3v) is 6.83. The summed E-state index contributed by atoms with van der Waals surface area (Å²) in [5.74, 6) is 1.68. The van der Waals surface area contributed by atoms with Crippen LogP contribution >= 0.6 is 0 Å². The average molecular weight is 473 g/mol. The van der Waals surface area contributed by atoms with Crippen LogP contribution in [0.2, 0.25) is 0 Å². The lowest BCUT2D eigenvalue weighted by Gasteiger charge is -2.24. The van der Waals surface area contributed by atoms with Gasteiger partial charge in [-0.3, -0.25) is 4.79 Å². The van der Waals surface area contributed by atoms with Crippen LogP contribution in [-0.2, 0) is 4.79 Å². The minimum Gasteiger partial charge on any atom is -0.437 e. The standard InChI is InChI=1S/C28H29FN4O2/c1-3-17(2)15-30-26-24-23(18-7-11-21(29)12-8-18)25(35-28(24)32-16-31-26)19-9-13-22(14-10-19)33-27(34)20-5-4-6-20/h7-14,16-17,20H,3-6,15H2,1-2H3,(H,33,34)(H,30,31,32). The Bertz CT molecular complexity index is 1330. The molecule has 0 bridgehead atoms. The summed E-state index contributed by atoms with van der Waals surface area (Å²) in [4.78, 5) is 21.2. The molecule has 5 rings (SSSR count). The largest absolute Gasteiger partial charge is 0.437 e. The zero-order valence-corrected chi connectivity index (χ0v) is 20.0. The summed E-state index contributed by atoms with van der Waals surface area (Å²) in [6, 6.07) is 13.9. The van der Waals surface area contributed by atoms with Gasteiger partial charge in [0.05, 0.1) is 5.39 Å². The molecular formula is C28H29FN4O2. The van der Waals surface area contributed by atoms with Crippen LogP contribution in [-0.4, -0.2) is 22.4 Å². The van der Waals surface area contributed by atoms with Crippen LogP contribution in [0.4, 0.5) is 15.9 Å². The first kappa shape index (κ1) is 23.0. The number of fused-ring (bicyclic) bond motifs is 1. The molecule has 1 atom stereocenters. The maximum absolute atomic E-state index is 13.7. The quantitative estimate of drug-likeness (QED) is 0.292. The van der Waals surface area contributed by atoms with E-state index in [2.05, 4.69) is 34.4 Å². The minimum atomic E-state index is -0.305. The Hall–Kier alpha value is -3.74. The van der Waals surface area contributed by atoms with E-state index in [1.807, 2.05) is 24.3 Å². The second-order valence-corrected chi connectivity index (χ2v) is 9.30. The van der Waals surface area contributed by atoms with Crippen LogP contribution in [0.1, 0.15) is 39.5 Å². The maximum Gasteiger partial charge on any atom is 0.232 e. The number of carbonyl (C=O) groups excluding carboxylic acids is 1. The lowest BCUT2D eigenvalue weighted by molar-refractivity contribution is -0.122.